The normalized spacial score (nSPS) is 15.4. The van der Waals surface area contributed by atoms with Crippen LogP contribution in [0.2, 0.25) is 0 Å². The van der Waals surface area contributed by atoms with Crippen LogP contribution in [0, 0.1) is 20.8 Å². The van der Waals surface area contributed by atoms with Gasteiger partial charge in [-0.1, -0.05) is 36.1 Å². The van der Waals surface area contributed by atoms with Crippen LogP contribution in [0.5, 0.6) is 0 Å². The van der Waals surface area contributed by atoms with Crippen LogP contribution in [0.4, 0.5) is 5.69 Å². The molecule has 8 heteroatoms. The molecule has 0 radical (unpaired) electrons. The lowest BCUT2D eigenvalue weighted by molar-refractivity contribution is -0.668. The van der Waals surface area contributed by atoms with E-state index in [4.69, 9.17) is 0 Å². The van der Waals surface area contributed by atoms with E-state index in [9.17, 15) is 13.0 Å². The molecular formula is C27H33N2O3S3+. The van der Waals surface area contributed by atoms with Gasteiger partial charge >= 0.3 is 0 Å². The van der Waals surface area contributed by atoms with Gasteiger partial charge in [-0.3, -0.25) is 4.55 Å². The van der Waals surface area contributed by atoms with E-state index in [0.29, 0.717) is 13.0 Å². The number of hydrogen-bond acceptors (Lipinski definition) is 5. The molecule has 1 aromatic heterocycles. The summed E-state index contributed by atoms with van der Waals surface area (Å²) < 4.78 is 35.3. The highest BCUT2D eigenvalue weighted by Crippen LogP contribution is 2.46. The van der Waals surface area contributed by atoms with Gasteiger partial charge in [0.05, 0.1) is 16.5 Å². The van der Waals surface area contributed by atoms with Gasteiger partial charge in [-0.05, 0) is 80.7 Å². The van der Waals surface area contributed by atoms with Gasteiger partial charge in [0.1, 0.15) is 4.70 Å². The highest BCUT2D eigenvalue weighted by molar-refractivity contribution is 8.03. The zero-order valence-electron chi connectivity index (χ0n) is 21.0. The van der Waals surface area contributed by atoms with E-state index < -0.39 is 10.1 Å². The zero-order valence-corrected chi connectivity index (χ0v) is 23.4. The SMILES string of the molecule is CCC(=Cc1sc2cc(C)c(C)cc2[n+]1CCCS(=O)(=O)O)C=C1Sc2ccc(C)cc2N1CC. The summed E-state index contributed by atoms with van der Waals surface area (Å²) in [5.74, 6) is -0.240. The number of rotatable bonds is 8. The largest absolute Gasteiger partial charge is 0.335 e. The predicted molar refractivity (Wildman–Crippen MR) is 149 cm³/mol. The number of benzene rings is 2. The Labute approximate surface area is 216 Å². The van der Waals surface area contributed by atoms with Gasteiger partial charge in [-0.25, -0.2) is 0 Å². The second-order valence-electron chi connectivity index (χ2n) is 9.01. The Morgan fingerprint density at radius 2 is 1.86 bits per heavy atom. The van der Waals surface area contributed by atoms with E-state index in [-0.39, 0.29) is 5.75 Å². The first-order chi connectivity index (χ1) is 16.6. The number of thiazole rings is 1. The van der Waals surface area contributed by atoms with Gasteiger partial charge in [-0.15, -0.1) is 0 Å². The van der Waals surface area contributed by atoms with Crippen molar-refractivity contribution in [3.8, 4) is 0 Å². The zero-order chi connectivity index (χ0) is 25.3. The summed E-state index contributed by atoms with van der Waals surface area (Å²) in [6, 6.07) is 11.0. The standard InChI is InChI=1S/C27H32N2O3S3/c1-6-21(16-26-28(7-2)22-13-18(3)9-10-24(22)33-26)17-27-29(11-8-12-35(30,31)32)23-14-19(4)20(5)15-25(23)34-27/h9-10,13-17H,6-8,11-12H2,1-5H3/p+1. The summed E-state index contributed by atoms with van der Waals surface area (Å²) in [5.41, 5.74) is 7.31. The van der Waals surface area contributed by atoms with Crippen LogP contribution in [0.25, 0.3) is 16.3 Å². The molecule has 0 atom stereocenters. The van der Waals surface area contributed by atoms with Crippen molar-refractivity contribution >= 4 is 55.2 Å². The maximum absolute atomic E-state index is 11.3. The quantitative estimate of drug-likeness (QED) is 0.261. The minimum atomic E-state index is -3.98. The molecule has 0 unspecified atom stereocenters. The maximum atomic E-state index is 11.3. The summed E-state index contributed by atoms with van der Waals surface area (Å²) in [5, 5.41) is 2.32. The molecule has 0 amide bonds. The summed E-state index contributed by atoms with van der Waals surface area (Å²) in [4.78, 5) is 3.65. The minimum Gasteiger partial charge on any atom is -0.335 e. The number of anilines is 1. The number of thioether (sulfide) groups is 1. The second kappa shape index (κ2) is 10.5. The first-order valence-electron chi connectivity index (χ1n) is 12.0. The molecule has 2 heterocycles. The van der Waals surface area contributed by atoms with Crippen LogP contribution in [0.3, 0.4) is 0 Å². The Bertz CT molecular complexity index is 1440. The molecule has 1 aliphatic rings. The average molecular weight is 530 g/mol. The number of hydrogen-bond donors (Lipinski definition) is 1. The first kappa shape index (κ1) is 25.9. The minimum absolute atomic E-state index is 0.240. The number of allylic oxidation sites excluding steroid dienone is 2. The monoisotopic (exact) mass is 529 g/mol. The topological polar surface area (TPSA) is 61.5 Å². The van der Waals surface area contributed by atoms with Crippen molar-refractivity contribution in [1.29, 1.82) is 0 Å². The third-order valence-corrected chi connectivity index (χ3v) is 9.37. The first-order valence-corrected chi connectivity index (χ1v) is 15.2. The van der Waals surface area contributed by atoms with Crippen molar-refractivity contribution < 1.29 is 17.5 Å². The van der Waals surface area contributed by atoms with Gasteiger partial charge in [-0.2, -0.15) is 13.0 Å². The second-order valence-corrected chi connectivity index (χ2v) is 12.7. The molecule has 35 heavy (non-hydrogen) atoms. The summed E-state index contributed by atoms with van der Waals surface area (Å²) >= 11 is 3.54. The van der Waals surface area contributed by atoms with Crippen molar-refractivity contribution in [3.63, 3.8) is 0 Å². The van der Waals surface area contributed by atoms with E-state index in [1.165, 1.54) is 42.6 Å². The van der Waals surface area contributed by atoms with Gasteiger partial charge in [0.15, 0.2) is 6.54 Å². The Hall–Kier alpha value is -2.13. The Morgan fingerprint density at radius 3 is 2.54 bits per heavy atom. The lowest BCUT2D eigenvalue weighted by atomic mass is 10.1. The highest BCUT2D eigenvalue weighted by atomic mass is 32.2. The predicted octanol–water partition coefficient (Wildman–Crippen LogP) is 6.66. The maximum Gasteiger partial charge on any atom is 0.265 e. The Kier molecular flexibility index (Phi) is 7.76. The molecule has 1 aliphatic heterocycles. The molecule has 0 bridgehead atoms. The van der Waals surface area contributed by atoms with E-state index in [0.717, 1.165) is 23.5 Å². The van der Waals surface area contributed by atoms with E-state index in [1.807, 2.05) is 11.8 Å². The lowest BCUT2D eigenvalue weighted by Crippen LogP contribution is -2.36. The molecule has 5 nitrogen and oxygen atoms in total. The molecule has 0 aliphatic carbocycles. The number of nitrogens with zero attached hydrogens (tertiary/aromatic N) is 2. The number of fused-ring (bicyclic) bond motifs is 2. The summed E-state index contributed by atoms with van der Waals surface area (Å²) in [7, 11) is -3.98. The van der Waals surface area contributed by atoms with Gasteiger partial charge < -0.3 is 4.90 Å². The highest BCUT2D eigenvalue weighted by Gasteiger charge is 2.25. The van der Waals surface area contributed by atoms with E-state index >= 15 is 0 Å². The molecule has 0 saturated carbocycles. The van der Waals surface area contributed by atoms with Crippen molar-refractivity contribution in [1.82, 2.24) is 0 Å². The lowest BCUT2D eigenvalue weighted by Gasteiger charge is -2.18. The average Bonchev–Trinajstić information content (AvgIpc) is 3.29. The summed E-state index contributed by atoms with van der Waals surface area (Å²) in [6.07, 6.45) is 5.76. The van der Waals surface area contributed by atoms with Crippen molar-refractivity contribution in [2.45, 2.75) is 58.9 Å². The Balaban J connectivity index is 1.75. The van der Waals surface area contributed by atoms with Gasteiger partial charge in [0, 0.05) is 30.0 Å². The third kappa shape index (κ3) is 5.82. The molecule has 4 rings (SSSR count). The fourth-order valence-corrected chi connectivity index (χ4v) is 7.23. The van der Waals surface area contributed by atoms with Crippen LogP contribution >= 0.6 is 23.1 Å². The van der Waals surface area contributed by atoms with Gasteiger partial charge in [0.25, 0.3) is 15.1 Å². The molecule has 0 fully saturated rings. The van der Waals surface area contributed by atoms with Crippen LogP contribution < -0.4 is 9.47 Å². The molecule has 1 N–H and O–H groups in total. The molecule has 0 saturated heterocycles. The molecular weight excluding hydrogens is 497 g/mol. The van der Waals surface area contributed by atoms with E-state index in [2.05, 4.69) is 86.6 Å². The van der Waals surface area contributed by atoms with Crippen molar-refractivity contribution in [2.24, 2.45) is 0 Å². The van der Waals surface area contributed by atoms with E-state index in [1.54, 1.807) is 11.3 Å². The van der Waals surface area contributed by atoms with Crippen LogP contribution in [-0.2, 0) is 16.7 Å². The molecule has 2 aromatic carbocycles. The van der Waals surface area contributed by atoms with Crippen LogP contribution in [0.1, 0.15) is 48.4 Å². The van der Waals surface area contributed by atoms with Crippen LogP contribution in [-0.4, -0.2) is 25.3 Å². The number of aromatic nitrogens is 1. The Morgan fingerprint density at radius 1 is 1.11 bits per heavy atom. The fourth-order valence-electron chi connectivity index (χ4n) is 4.30. The van der Waals surface area contributed by atoms with Gasteiger partial charge in [0.2, 0.25) is 5.52 Å². The molecule has 0 spiro atoms. The summed E-state index contributed by atoms with van der Waals surface area (Å²) in [6.45, 7) is 12.1. The number of aryl methyl sites for hydroxylation is 4. The van der Waals surface area contributed by atoms with Crippen molar-refractivity contribution in [2.75, 3.05) is 17.2 Å². The third-order valence-electron chi connectivity index (χ3n) is 6.36. The molecule has 186 valence electrons. The van der Waals surface area contributed by atoms with Crippen molar-refractivity contribution in [3.05, 3.63) is 68.7 Å². The molecule has 3 aromatic rings. The fraction of sp³-hybridized carbons (Fsp3) is 0.370. The van der Waals surface area contributed by atoms with Crippen LogP contribution in [0.15, 0.2) is 51.9 Å². The smallest absolute Gasteiger partial charge is 0.265 e.